The van der Waals surface area contributed by atoms with Crippen LogP contribution in [0.4, 0.5) is 10.9 Å². The molecule has 0 unspecified atom stereocenters. The van der Waals surface area contributed by atoms with E-state index in [1.165, 1.54) is 11.3 Å². The van der Waals surface area contributed by atoms with Gasteiger partial charge < -0.3 is 11.1 Å². The van der Waals surface area contributed by atoms with Gasteiger partial charge >= 0.3 is 0 Å². The molecule has 0 bridgehead atoms. The van der Waals surface area contributed by atoms with Gasteiger partial charge in [-0.1, -0.05) is 30.3 Å². The van der Waals surface area contributed by atoms with Gasteiger partial charge in [0.1, 0.15) is 5.82 Å². The molecule has 3 rings (SSSR count). The molecule has 0 aliphatic heterocycles. The number of benzene rings is 1. The van der Waals surface area contributed by atoms with Crippen molar-refractivity contribution in [3.8, 4) is 11.3 Å². The molecule has 1 aromatic carbocycles. The highest BCUT2D eigenvalue weighted by atomic mass is 32.1. The van der Waals surface area contributed by atoms with E-state index in [4.69, 9.17) is 5.73 Å². The fourth-order valence-corrected chi connectivity index (χ4v) is 2.34. The number of anilines is 2. The first-order valence-corrected chi connectivity index (χ1v) is 7.02. The van der Waals surface area contributed by atoms with Gasteiger partial charge in [0.05, 0.1) is 17.9 Å². The number of aromatic nitrogens is 3. The van der Waals surface area contributed by atoms with Crippen LogP contribution in [0.5, 0.6) is 0 Å². The Labute approximate surface area is 120 Å². The third-order valence-electron chi connectivity index (χ3n) is 2.75. The highest BCUT2D eigenvalue weighted by molar-refractivity contribution is 7.13. The quantitative estimate of drug-likeness (QED) is 0.770. The maximum absolute atomic E-state index is 5.58. The summed E-state index contributed by atoms with van der Waals surface area (Å²) in [7, 11) is 0. The number of nitrogens with zero attached hydrogens (tertiary/aromatic N) is 3. The Hall–Kier alpha value is -2.47. The molecule has 0 aliphatic rings. The van der Waals surface area contributed by atoms with Gasteiger partial charge in [-0.25, -0.2) is 4.98 Å². The van der Waals surface area contributed by atoms with Crippen LogP contribution in [0.15, 0.2) is 47.8 Å². The summed E-state index contributed by atoms with van der Waals surface area (Å²) in [5, 5.41) is 14.0. The number of thiazole rings is 1. The van der Waals surface area contributed by atoms with Crippen molar-refractivity contribution < 1.29 is 0 Å². The van der Waals surface area contributed by atoms with Crippen LogP contribution < -0.4 is 11.1 Å². The van der Waals surface area contributed by atoms with Gasteiger partial charge in [-0.15, -0.1) is 21.5 Å². The number of nitrogen functional groups attached to an aromatic ring is 1. The summed E-state index contributed by atoms with van der Waals surface area (Å²) in [5.74, 6) is 0.719. The van der Waals surface area contributed by atoms with E-state index in [0.717, 1.165) is 22.8 Å². The second-order valence-corrected chi connectivity index (χ2v) is 5.09. The maximum atomic E-state index is 5.58. The molecular weight excluding hydrogens is 270 g/mol. The SMILES string of the molecule is Nc1nc(CNc2ccc(-c3ccccc3)nn2)cs1. The molecule has 0 spiro atoms. The monoisotopic (exact) mass is 283 g/mol. The van der Waals surface area contributed by atoms with E-state index in [2.05, 4.69) is 20.5 Å². The zero-order chi connectivity index (χ0) is 13.8. The molecule has 100 valence electrons. The molecule has 0 atom stereocenters. The Balaban J connectivity index is 1.67. The number of nitrogens with one attached hydrogen (secondary N) is 1. The lowest BCUT2D eigenvalue weighted by Crippen LogP contribution is -2.03. The first-order valence-electron chi connectivity index (χ1n) is 6.14. The minimum atomic E-state index is 0.576. The van der Waals surface area contributed by atoms with Crippen molar-refractivity contribution in [1.29, 1.82) is 0 Å². The Morgan fingerprint density at radius 2 is 1.90 bits per heavy atom. The van der Waals surface area contributed by atoms with E-state index in [9.17, 15) is 0 Å². The van der Waals surface area contributed by atoms with Crippen LogP contribution >= 0.6 is 11.3 Å². The molecule has 0 amide bonds. The lowest BCUT2D eigenvalue weighted by Gasteiger charge is -2.04. The molecule has 5 nitrogen and oxygen atoms in total. The summed E-state index contributed by atoms with van der Waals surface area (Å²) < 4.78 is 0. The second-order valence-electron chi connectivity index (χ2n) is 4.20. The molecule has 20 heavy (non-hydrogen) atoms. The van der Waals surface area contributed by atoms with E-state index in [-0.39, 0.29) is 0 Å². The maximum Gasteiger partial charge on any atom is 0.180 e. The van der Waals surface area contributed by atoms with E-state index >= 15 is 0 Å². The molecule has 2 heterocycles. The zero-order valence-corrected chi connectivity index (χ0v) is 11.5. The normalized spacial score (nSPS) is 10.4. The summed E-state index contributed by atoms with van der Waals surface area (Å²) in [5.41, 5.74) is 8.40. The molecule has 3 aromatic rings. The van der Waals surface area contributed by atoms with Crippen molar-refractivity contribution in [1.82, 2.24) is 15.2 Å². The van der Waals surface area contributed by atoms with Crippen LogP contribution in [-0.4, -0.2) is 15.2 Å². The zero-order valence-electron chi connectivity index (χ0n) is 10.7. The lowest BCUT2D eigenvalue weighted by molar-refractivity contribution is 0.991. The first kappa shape index (κ1) is 12.6. The summed E-state index contributed by atoms with van der Waals surface area (Å²) in [6, 6.07) is 13.8. The van der Waals surface area contributed by atoms with Crippen LogP contribution in [0, 0.1) is 0 Å². The van der Waals surface area contributed by atoms with Crippen LogP contribution in [0.3, 0.4) is 0 Å². The van der Waals surface area contributed by atoms with Crippen LogP contribution in [0.2, 0.25) is 0 Å². The Kier molecular flexibility index (Phi) is 3.56. The number of rotatable bonds is 4. The van der Waals surface area contributed by atoms with Gasteiger partial charge in [-0.05, 0) is 12.1 Å². The average Bonchev–Trinajstić information content (AvgIpc) is 2.92. The first-order chi connectivity index (χ1) is 9.81. The summed E-state index contributed by atoms with van der Waals surface area (Å²) in [6.07, 6.45) is 0. The summed E-state index contributed by atoms with van der Waals surface area (Å²) >= 11 is 1.43. The molecule has 3 N–H and O–H groups in total. The van der Waals surface area contributed by atoms with Gasteiger partial charge in [-0.3, -0.25) is 0 Å². The van der Waals surface area contributed by atoms with E-state index < -0.39 is 0 Å². The van der Waals surface area contributed by atoms with Crippen molar-refractivity contribution in [3.63, 3.8) is 0 Å². The smallest absolute Gasteiger partial charge is 0.180 e. The van der Waals surface area contributed by atoms with Gasteiger partial charge in [0.25, 0.3) is 0 Å². The summed E-state index contributed by atoms with van der Waals surface area (Å²) in [4.78, 5) is 4.18. The largest absolute Gasteiger partial charge is 0.375 e. The van der Waals surface area contributed by atoms with E-state index in [1.54, 1.807) is 0 Å². The minimum Gasteiger partial charge on any atom is -0.375 e. The number of hydrogen-bond donors (Lipinski definition) is 2. The molecular formula is C14H13N5S. The van der Waals surface area contributed by atoms with Gasteiger partial charge in [0, 0.05) is 10.9 Å². The molecule has 0 fully saturated rings. The van der Waals surface area contributed by atoms with Crippen molar-refractivity contribution in [2.75, 3.05) is 11.1 Å². The van der Waals surface area contributed by atoms with E-state index in [0.29, 0.717) is 11.7 Å². The van der Waals surface area contributed by atoms with Gasteiger partial charge in [0.2, 0.25) is 0 Å². The van der Waals surface area contributed by atoms with Crippen molar-refractivity contribution in [3.05, 3.63) is 53.5 Å². The third kappa shape index (κ3) is 2.92. The molecule has 0 aliphatic carbocycles. The topological polar surface area (TPSA) is 76.7 Å². The van der Waals surface area contributed by atoms with Crippen molar-refractivity contribution in [2.45, 2.75) is 6.54 Å². The Bertz CT molecular complexity index is 678. The predicted octanol–water partition coefficient (Wildman–Crippen LogP) is 2.79. The summed E-state index contributed by atoms with van der Waals surface area (Å²) in [6.45, 7) is 0.590. The number of nitrogens with two attached hydrogens (primary N) is 1. The molecule has 0 saturated heterocycles. The Morgan fingerprint density at radius 3 is 2.55 bits per heavy atom. The third-order valence-corrected chi connectivity index (χ3v) is 3.48. The molecule has 0 radical (unpaired) electrons. The average molecular weight is 283 g/mol. The van der Waals surface area contributed by atoms with Gasteiger partial charge in [-0.2, -0.15) is 0 Å². The lowest BCUT2D eigenvalue weighted by atomic mass is 10.1. The highest BCUT2D eigenvalue weighted by Gasteiger charge is 2.02. The van der Waals surface area contributed by atoms with Crippen LogP contribution in [0.1, 0.15) is 5.69 Å². The highest BCUT2D eigenvalue weighted by Crippen LogP contribution is 2.17. The number of hydrogen-bond acceptors (Lipinski definition) is 6. The van der Waals surface area contributed by atoms with E-state index in [1.807, 2.05) is 47.8 Å². The predicted molar refractivity (Wildman–Crippen MR) is 81.3 cm³/mol. The van der Waals surface area contributed by atoms with Gasteiger partial charge in [0.15, 0.2) is 5.13 Å². The molecule has 0 saturated carbocycles. The van der Waals surface area contributed by atoms with Crippen LogP contribution in [0.25, 0.3) is 11.3 Å². The standard InChI is InChI=1S/C14H13N5S/c15-14-17-11(9-20-14)8-16-13-7-6-12(18-19-13)10-4-2-1-3-5-10/h1-7,9H,8H2,(H2,15,17)(H,16,19). The van der Waals surface area contributed by atoms with Crippen LogP contribution in [-0.2, 0) is 6.54 Å². The fourth-order valence-electron chi connectivity index (χ4n) is 1.77. The fraction of sp³-hybridized carbons (Fsp3) is 0.0714. The second kappa shape index (κ2) is 5.66. The van der Waals surface area contributed by atoms with Crippen molar-refractivity contribution >= 4 is 22.3 Å². The Morgan fingerprint density at radius 1 is 1.05 bits per heavy atom. The molecule has 6 heteroatoms. The minimum absolute atomic E-state index is 0.576. The molecule has 2 aromatic heterocycles. The van der Waals surface area contributed by atoms with Crippen molar-refractivity contribution in [2.24, 2.45) is 0 Å².